The van der Waals surface area contributed by atoms with Crippen molar-refractivity contribution in [3.05, 3.63) is 47.5 Å². The van der Waals surface area contributed by atoms with Crippen LogP contribution in [-0.4, -0.2) is 43.7 Å². The number of likely N-dealkylation sites (tertiary alicyclic amines) is 1. The summed E-state index contributed by atoms with van der Waals surface area (Å²) in [5, 5.41) is 20.6. The van der Waals surface area contributed by atoms with Gasteiger partial charge in [0.1, 0.15) is 17.7 Å². The van der Waals surface area contributed by atoms with E-state index in [0.717, 1.165) is 12.0 Å². The Balaban J connectivity index is 1.66. The van der Waals surface area contributed by atoms with Gasteiger partial charge in [-0.2, -0.15) is 0 Å². The van der Waals surface area contributed by atoms with Gasteiger partial charge in [-0.15, -0.1) is 0 Å². The lowest BCUT2D eigenvalue weighted by molar-refractivity contribution is 0.0418. The van der Waals surface area contributed by atoms with Gasteiger partial charge in [0.2, 0.25) is 0 Å². The molecule has 0 aliphatic carbocycles. The minimum atomic E-state index is -0.617. The molecular weight excluding hydrogens is 318 g/mol. The number of aromatic nitrogens is 2. The van der Waals surface area contributed by atoms with Crippen molar-refractivity contribution in [2.75, 3.05) is 13.1 Å². The first-order valence-corrected chi connectivity index (χ1v) is 8.77. The molecule has 25 heavy (non-hydrogen) atoms. The molecule has 3 rings (SSSR count). The zero-order valence-corrected chi connectivity index (χ0v) is 14.7. The number of carbonyl (C=O) groups is 1. The smallest absolute Gasteiger partial charge is 0.257 e. The molecule has 6 nitrogen and oxygen atoms in total. The lowest BCUT2D eigenvalue weighted by atomic mass is 9.90. The van der Waals surface area contributed by atoms with Gasteiger partial charge in [-0.1, -0.05) is 13.0 Å². The summed E-state index contributed by atoms with van der Waals surface area (Å²) in [6, 6.07) is 5.19. The number of amides is 1. The number of carbonyl (C=O) groups excluding carboxylic acids is 1. The Labute approximate surface area is 147 Å². The van der Waals surface area contributed by atoms with E-state index in [1.54, 1.807) is 23.2 Å². The number of hydrogen-bond acceptors (Lipinski definition) is 4. The number of piperidine rings is 1. The monoisotopic (exact) mass is 343 g/mol. The molecule has 0 radical (unpaired) electrons. The second kappa shape index (κ2) is 7.27. The molecule has 1 aromatic heterocycles. The van der Waals surface area contributed by atoms with Crippen molar-refractivity contribution in [3.63, 3.8) is 0 Å². The van der Waals surface area contributed by atoms with Crippen molar-refractivity contribution >= 4 is 5.91 Å². The van der Waals surface area contributed by atoms with Crippen LogP contribution in [-0.2, 0) is 13.5 Å². The average molecular weight is 343 g/mol. The summed E-state index contributed by atoms with van der Waals surface area (Å²) in [5.74, 6) is 0.633. The van der Waals surface area contributed by atoms with Crippen molar-refractivity contribution in [1.29, 1.82) is 0 Å². The second-order valence-corrected chi connectivity index (χ2v) is 6.68. The number of aryl methyl sites for hydroxylation is 2. The third kappa shape index (κ3) is 3.54. The van der Waals surface area contributed by atoms with Gasteiger partial charge in [-0.05, 0) is 42.9 Å². The SMILES string of the molecule is CCc1ccc(O)c(C(=O)N2CCC(C(O)c3nccn3C)CC2)c1. The van der Waals surface area contributed by atoms with Crippen LogP contribution in [0.15, 0.2) is 30.6 Å². The summed E-state index contributed by atoms with van der Waals surface area (Å²) < 4.78 is 1.83. The molecule has 0 saturated carbocycles. The van der Waals surface area contributed by atoms with E-state index in [9.17, 15) is 15.0 Å². The van der Waals surface area contributed by atoms with E-state index in [2.05, 4.69) is 4.98 Å². The molecule has 2 heterocycles. The summed E-state index contributed by atoms with van der Waals surface area (Å²) >= 11 is 0. The van der Waals surface area contributed by atoms with Gasteiger partial charge in [-0.25, -0.2) is 4.98 Å². The fourth-order valence-corrected chi connectivity index (χ4v) is 3.44. The van der Waals surface area contributed by atoms with Gasteiger partial charge in [0, 0.05) is 32.5 Å². The molecule has 0 bridgehead atoms. The molecule has 2 N–H and O–H groups in total. The Morgan fingerprint density at radius 3 is 2.68 bits per heavy atom. The molecule has 1 aliphatic heterocycles. The van der Waals surface area contributed by atoms with Gasteiger partial charge in [0.05, 0.1) is 5.56 Å². The lowest BCUT2D eigenvalue weighted by Crippen LogP contribution is -2.40. The van der Waals surface area contributed by atoms with Gasteiger partial charge < -0.3 is 19.7 Å². The Bertz CT molecular complexity index is 748. The maximum Gasteiger partial charge on any atom is 0.257 e. The predicted octanol–water partition coefficient (Wildman–Crippen LogP) is 2.27. The normalized spacial score (nSPS) is 16.8. The van der Waals surface area contributed by atoms with Crippen molar-refractivity contribution in [3.8, 4) is 5.75 Å². The molecule has 6 heteroatoms. The van der Waals surface area contributed by atoms with Crippen LogP contribution in [0.1, 0.15) is 47.6 Å². The standard InChI is InChI=1S/C19H25N3O3/c1-3-13-4-5-16(23)15(12-13)19(25)22-9-6-14(7-10-22)17(24)18-20-8-11-21(18)2/h4-5,8,11-12,14,17,23-24H,3,6-7,9-10H2,1-2H3. The first kappa shape index (κ1) is 17.5. The number of benzene rings is 1. The summed E-state index contributed by atoms with van der Waals surface area (Å²) in [5.41, 5.74) is 1.39. The van der Waals surface area contributed by atoms with E-state index in [1.807, 2.05) is 30.8 Å². The van der Waals surface area contributed by atoms with Crippen LogP contribution in [0.2, 0.25) is 0 Å². The van der Waals surface area contributed by atoms with Gasteiger partial charge in [0.25, 0.3) is 5.91 Å². The van der Waals surface area contributed by atoms with E-state index in [1.165, 1.54) is 0 Å². The van der Waals surface area contributed by atoms with Crippen molar-refractivity contribution in [1.82, 2.24) is 14.5 Å². The average Bonchev–Trinajstić information content (AvgIpc) is 3.07. The molecule has 1 saturated heterocycles. The third-order valence-electron chi connectivity index (χ3n) is 5.10. The molecule has 0 spiro atoms. The van der Waals surface area contributed by atoms with Gasteiger partial charge in [0.15, 0.2) is 0 Å². The Morgan fingerprint density at radius 2 is 2.08 bits per heavy atom. The fourth-order valence-electron chi connectivity index (χ4n) is 3.44. The number of phenols is 1. The highest BCUT2D eigenvalue weighted by Crippen LogP contribution is 2.31. The second-order valence-electron chi connectivity index (χ2n) is 6.68. The van der Waals surface area contributed by atoms with Crippen LogP contribution < -0.4 is 0 Å². The number of hydrogen-bond donors (Lipinski definition) is 2. The molecule has 2 aromatic rings. The highest BCUT2D eigenvalue weighted by atomic mass is 16.3. The minimum Gasteiger partial charge on any atom is -0.507 e. The topological polar surface area (TPSA) is 78.6 Å². The molecule has 134 valence electrons. The fraction of sp³-hybridized carbons (Fsp3) is 0.474. The Morgan fingerprint density at radius 1 is 1.36 bits per heavy atom. The van der Waals surface area contributed by atoms with Crippen LogP contribution in [0.4, 0.5) is 0 Å². The van der Waals surface area contributed by atoms with E-state index in [4.69, 9.17) is 0 Å². The van der Waals surface area contributed by atoms with Crippen LogP contribution in [0.5, 0.6) is 5.75 Å². The molecule has 1 aliphatic rings. The molecule has 1 unspecified atom stereocenters. The number of aliphatic hydroxyl groups excluding tert-OH is 1. The van der Waals surface area contributed by atoms with Crippen LogP contribution >= 0.6 is 0 Å². The lowest BCUT2D eigenvalue weighted by Gasteiger charge is -2.34. The summed E-state index contributed by atoms with van der Waals surface area (Å²) in [4.78, 5) is 18.7. The third-order valence-corrected chi connectivity index (χ3v) is 5.10. The van der Waals surface area contributed by atoms with Crippen LogP contribution in [0.3, 0.4) is 0 Å². The predicted molar refractivity (Wildman–Crippen MR) is 94.3 cm³/mol. The number of aliphatic hydroxyl groups is 1. The van der Waals surface area contributed by atoms with E-state index in [0.29, 0.717) is 37.3 Å². The van der Waals surface area contributed by atoms with Crippen molar-refractivity contribution in [2.24, 2.45) is 13.0 Å². The van der Waals surface area contributed by atoms with E-state index in [-0.39, 0.29) is 17.6 Å². The van der Waals surface area contributed by atoms with E-state index >= 15 is 0 Å². The number of aromatic hydroxyl groups is 1. The first-order valence-electron chi connectivity index (χ1n) is 8.77. The highest BCUT2D eigenvalue weighted by molar-refractivity contribution is 5.97. The molecule has 1 fully saturated rings. The largest absolute Gasteiger partial charge is 0.507 e. The molecule has 1 aromatic carbocycles. The van der Waals surface area contributed by atoms with Gasteiger partial charge in [-0.3, -0.25) is 4.79 Å². The molecule has 1 amide bonds. The quantitative estimate of drug-likeness (QED) is 0.893. The van der Waals surface area contributed by atoms with Crippen molar-refractivity contribution in [2.45, 2.75) is 32.3 Å². The van der Waals surface area contributed by atoms with Crippen molar-refractivity contribution < 1.29 is 15.0 Å². The number of rotatable bonds is 4. The molecule has 1 atom stereocenters. The first-order chi connectivity index (χ1) is 12.0. The minimum absolute atomic E-state index is 0.0253. The Kier molecular flexibility index (Phi) is 5.08. The maximum atomic E-state index is 12.7. The summed E-state index contributed by atoms with van der Waals surface area (Å²) in [6.45, 7) is 3.16. The van der Waals surface area contributed by atoms with Gasteiger partial charge >= 0.3 is 0 Å². The molecular formula is C19H25N3O3. The Hall–Kier alpha value is -2.34. The number of nitrogens with zero attached hydrogens (tertiary/aromatic N) is 3. The van der Waals surface area contributed by atoms with Crippen LogP contribution in [0, 0.1) is 5.92 Å². The summed E-state index contributed by atoms with van der Waals surface area (Å²) in [7, 11) is 1.87. The maximum absolute atomic E-state index is 12.7. The van der Waals surface area contributed by atoms with E-state index < -0.39 is 6.10 Å². The number of phenolic OH excluding ortho intramolecular Hbond substituents is 1. The number of imidazole rings is 1. The zero-order valence-electron chi connectivity index (χ0n) is 14.7. The highest BCUT2D eigenvalue weighted by Gasteiger charge is 2.31. The zero-order chi connectivity index (χ0) is 18.0. The summed E-state index contributed by atoms with van der Waals surface area (Å²) in [6.07, 6.45) is 5.14. The van der Waals surface area contributed by atoms with Crippen LogP contribution in [0.25, 0.3) is 0 Å².